The van der Waals surface area contributed by atoms with Crippen molar-refractivity contribution in [2.45, 2.75) is 53.9 Å². The van der Waals surface area contributed by atoms with Crippen LogP contribution in [-0.2, 0) is 16.0 Å². The van der Waals surface area contributed by atoms with Gasteiger partial charge in [0.2, 0.25) is 0 Å². The number of carbonyl (C=O) groups is 1. The predicted octanol–water partition coefficient (Wildman–Crippen LogP) is 5.31. The van der Waals surface area contributed by atoms with Gasteiger partial charge in [0.25, 0.3) is 0 Å². The van der Waals surface area contributed by atoms with Gasteiger partial charge in [-0.3, -0.25) is 0 Å². The Balaban J connectivity index is 1.85. The second kappa shape index (κ2) is 6.80. The number of allylic oxidation sites excluding steroid dienone is 3. The maximum absolute atomic E-state index is 12.0. The highest BCUT2D eigenvalue weighted by molar-refractivity contribution is 6.18. The van der Waals surface area contributed by atoms with E-state index in [4.69, 9.17) is 4.74 Å². The fourth-order valence-electron chi connectivity index (χ4n) is 3.60. The Bertz CT molecular complexity index is 854. The normalized spacial score (nSPS) is 19.6. The summed E-state index contributed by atoms with van der Waals surface area (Å²) in [5.41, 5.74) is 5.40. The SMILES string of the molecule is CCOC(=O)C1=CCc2cc(C#CC3=CC(C)(C)CCC3(C)C)ccc21. The lowest BCUT2D eigenvalue weighted by Crippen LogP contribution is -2.25. The average molecular weight is 348 g/mol. The molecule has 0 spiro atoms. The van der Waals surface area contributed by atoms with Gasteiger partial charge in [-0.25, -0.2) is 4.79 Å². The first kappa shape index (κ1) is 18.5. The van der Waals surface area contributed by atoms with Gasteiger partial charge >= 0.3 is 5.97 Å². The quantitative estimate of drug-likeness (QED) is 0.534. The molecule has 0 aromatic heterocycles. The van der Waals surface area contributed by atoms with Gasteiger partial charge in [0.1, 0.15) is 0 Å². The summed E-state index contributed by atoms with van der Waals surface area (Å²) >= 11 is 0. The zero-order valence-electron chi connectivity index (χ0n) is 16.5. The molecular formula is C24H28O2. The molecule has 1 aromatic carbocycles. The van der Waals surface area contributed by atoms with Crippen LogP contribution in [-0.4, -0.2) is 12.6 Å². The molecule has 2 aliphatic rings. The molecule has 0 saturated heterocycles. The zero-order chi connectivity index (χ0) is 18.9. The van der Waals surface area contributed by atoms with Crippen LogP contribution in [0.5, 0.6) is 0 Å². The molecule has 0 radical (unpaired) electrons. The number of rotatable bonds is 2. The van der Waals surface area contributed by atoms with E-state index in [1.807, 2.05) is 25.1 Å². The summed E-state index contributed by atoms with van der Waals surface area (Å²) in [4.78, 5) is 12.0. The first-order valence-electron chi connectivity index (χ1n) is 9.48. The fourth-order valence-corrected chi connectivity index (χ4v) is 3.60. The molecule has 0 heterocycles. The van der Waals surface area contributed by atoms with E-state index in [0.29, 0.717) is 12.2 Å². The molecule has 0 unspecified atom stereocenters. The van der Waals surface area contributed by atoms with E-state index in [0.717, 1.165) is 29.5 Å². The van der Waals surface area contributed by atoms with Crippen molar-refractivity contribution in [3.8, 4) is 11.8 Å². The fraction of sp³-hybridized carbons (Fsp3) is 0.458. The third-order valence-electron chi connectivity index (χ3n) is 5.42. The van der Waals surface area contributed by atoms with Crippen molar-refractivity contribution < 1.29 is 9.53 Å². The first-order valence-corrected chi connectivity index (χ1v) is 9.48. The van der Waals surface area contributed by atoms with Crippen molar-refractivity contribution >= 4 is 11.5 Å². The second-order valence-corrected chi connectivity index (χ2v) is 8.59. The van der Waals surface area contributed by atoms with Gasteiger partial charge in [0.05, 0.1) is 12.2 Å². The van der Waals surface area contributed by atoms with Gasteiger partial charge in [0, 0.05) is 11.1 Å². The predicted molar refractivity (Wildman–Crippen MR) is 107 cm³/mol. The Hall–Kier alpha value is -2.27. The van der Waals surface area contributed by atoms with Crippen molar-refractivity contribution in [1.82, 2.24) is 0 Å². The van der Waals surface area contributed by atoms with Crippen molar-refractivity contribution in [2.24, 2.45) is 10.8 Å². The molecular weight excluding hydrogens is 320 g/mol. The molecule has 2 heteroatoms. The smallest absolute Gasteiger partial charge is 0.338 e. The Morgan fingerprint density at radius 2 is 1.92 bits per heavy atom. The summed E-state index contributed by atoms with van der Waals surface area (Å²) in [5.74, 6) is 6.55. The number of esters is 1. The molecule has 1 aromatic rings. The average Bonchev–Trinajstić information content (AvgIpc) is 2.99. The van der Waals surface area contributed by atoms with E-state index in [-0.39, 0.29) is 16.8 Å². The first-order chi connectivity index (χ1) is 12.2. The largest absolute Gasteiger partial charge is 0.462 e. The van der Waals surface area contributed by atoms with Gasteiger partial charge in [0.15, 0.2) is 0 Å². The molecule has 0 N–H and O–H groups in total. The van der Waals surface area contributed by atoms with Gasteiger partial charge in [-0.1, -0.05) is 57.8 Å². The van der Waals surface area contributed by atoms with Gasteiger partial charge in [-0.2, -0.15) is 0 Å². The molecule has 2 nitrogen and oxygen atoms in total. The number of hydrogen-bond donors (Lipinski definition) is 0. The van der Waals surface area contributed by atoms with Crippen LogP contribution in [0.3, 0.4) is 0 Å². The molecule has 0 amide bonds. The maximum atomic E-state index is 12.0. The summed E-state index contributed by atoms with van der Waals surface area (Å²) in [6, 6.07) is 6.11. The number of ether oxygens (including phenoxy) is 1. The third kappa shape index (κ3) is 3.78. The molecule has 0 saturated carbocycles. The summed E-state index contributed by atoms with van der Waals surface area (Å²) in [6.07, 6.45) is 7.43. The minimum Gasteiger partial charge on any atom is -0.462 e. The van der Waals surface area contributed by atoms with Crippen molar-refractivity contribution in [1.29, 1.82) is 0 Å². The second-order valence-electron chi connectivity index (χ2n) is 8.59. The van der Waals surface area contributed by atoms with Crippen molar-refractivity contribution in [3.63, 3.8) is 0 Å². The number of carbonyl (C=O) groups excluding carboxylic acids is 1. The van der Waals surface area contributed by atoms with Crippen LogP contribution < -0.4 is 0 Å². The molecule has 0 fully saturated rings. The molecule has 0 bridgehead atoms. The molecule has 136 valence electrons. The molecule has 26 heavy (non-hydrogen) atoms. The lowest BCUT2D eigenvalue weighted by atomic mass is 9.68. The Morgan fingerprint density at radius 1 is 1.15 bits per heavy atom. The van der Waals surface area contributed by atoms with E-state index in [2.05, 4.69) is 51.7 Å². The monoisotopic (exact) mass is 348 g/mol. The maximum Gasteiger partial charge on any atom is 0.338 e. The van der Waals surface area contributed by atoms with Gasteiger partial charge in [-0.15, -0.1) is 0 Å². The van der Waals surface area contributed by atoms with E-state index in [1.165, 1.54) is 12.0 Å². The summed E-state index contributed by atoms with van der Waals surface area (Å²) < 4.78 is 5.14. The van der Waals surface area contributed by atoms with Gasteiger partial charge < -0.3 is 4.74 Å². The Morgan fingerprint density at radius 3 is 2.65 bits per heavy atom. The topological polar surface area (TPSA) is 26.3 Å². The lowest BCUT2D eigenvalue weighted by molar-refractivity contribution is -0.136. The number of benzene rings is 1. The zero-order valence-corrected chi connectivity index (χ0v) is 16.5. The van der Waals surface area contributed by atoms with E-state index in [1.54, 1.807) is 0 Å². The van der Waals surface area contributed by atoms with Crippen molar-refractivity contribution in [3.05, 3.63) is 52.6 Å². The highest BCUT2D eigenvalue weighted by Crippen LogP contribution is 2.43. The van der Waals surface area contributed by atoms with Crippen LogP contribution in [0.4, 0.5) is 0 Å². The van der Waals surface area contributed by atoms with Gasteiger partial charge in [-0.05, 0) is 60.3 Å². The highest BCUT2D eigenvalue weighted by Gasteiger charge is 2.32. The van der Waals surface area contributed by atoms with E-state index >= 15 is 0 Å². The third-order valence-corrected chi connectivity index (χ3v) is 5.42. The summed E-state index contributed by atoms with van der Waals surface area (Å²) in [7, 11) is 0. The standard InChI is InChI=1S/C24H28O2/c1-6-26-22(25)21-12-9-18-15-17(8-11-20(18)21)7-10-19-16-23(2,3)13-14-24(19,4)5/h8,11-12,15-16H,6,9,13-14H2,1-5H3. The molecule has 0 aliphatic heterocycles. The van der Waals surface area contributed by atoms with Crippen molar-refractivity contribution in [2.75, 3.05) is 6.61 Å². The van der Waals surface area contributed by atoms with Crippen LogP contribution in [0, 0.1) is 22.7 Å². The van der Waals surface area contributed by atoms with E-state index in [9.17, 15) is 4.79 Å². The Kier molecular flexibility index (Phi) is 4.84. The van der Waals surface area contributed by atoms with Crippen LogP contribution in [0.25, 0.3) is 5.57 Å². The van der Waals surface area contributed by atoms with Crippen LogP contribution in [0.2, 0.25) is 0 Å². The highest BCUT2D eigenvalue weighted by atomic mass is 16.5. The Labute approximate surface area is 157 Å². The van der Waals surface area contributed by atoms with Crippen LogP contribution in [0.1, 0.15) is 64.2 Å². The lowest BCUT2D eigenvalue weighted by Gasteiger charge is -2.36. The summed E-state index contributed by atoms with van der Waals surface area (Å²) in [5, 5.41) is 0. The van der Waals surface area contributed by atoms with Crippen LogP contribution >= 0.6 is 0 Å². The number of hydrogen-bond acceptors (Lipinski definition) is 2. The molecule has 2 aliphatic carbocycles. The minimum absolute atomic E-state index is 0.137. The molecule has 3 rings (SSSR count). The number of fused-ring (bicyclic) bond motifs is 1. The summed E-state index contributed by atoms with van der Waals surface area (Å²) in [6.45, 7) is 11.3. The minimum atomic E-state index is -0.235. The molecule has 0 atom stereocenters. The van der Waals surface area contributed by atoms with E-state index < -0.39 is 0 Å². The van der Waals surface area contributed by atoms with Crippen LogP contribution in [0.15, 0.2) is 35.9 Å².